The molecule has 1 aromatic heterocycles. The van der Waals surface area contributed by atoms with Crippen LogP contribution in [0.3, 0.4) is 0 Å². The lowest BCUT2D eigenvalue weighted by atomic mass is 10.4. The van der Waals surface area contributed by atoms with Gasteiger partial charge >= 0.3 is 0 Å². The highest BCUT2D eigenvalue weighted by Crippen LogP contribution is 2.08. The highest BCUT2D eigenvalue weighted by atomic mass is 32.2. The van der Waals surface area contributed by atoms with E-state index in [0.29, 0.717) is 18.1 Å². The van der Waals surface area contributed by atoms with E-state index in [1.54, 1.807) is 13.0 Å². The van der Waals surface area contributed by atoms with Crippen molar-refractivity contribution in [3.05, 3.63) is 11.8 Å². The largest absolute Gasteiger partial charge is 0.360 e. The molecule has 1 aromatic rings. The van der Waals surface area contributed by atoms with Crippen molar-refractivity contribution in [3.63, 3.8) is 0 Å². The number of thioether (sulfide) groups is 1. The number of rotatable bonds is 9. The molecule has 0 atom stereocenters. The molecular weight excluding hydrogens is 280 g/mol. The van der Waals surface area contributed by atoms with E-state index in [-0.39, 0.29) is 23.3 Å². The van der Waals surface area contributed by atoms with Crippen LogP contribution in [0.5, 0.6) is 0 Å². The van der Waals surface area contributed by atoms with Gasteiger partial charge in [0.05, 0.1) is 11.5 Å². The molecule has 1 rings (SSSR count). The van der Waals surface area contributed by atoms with Crippen molar-refractivity contribution in [2.24, 2.45) is 0 Å². The van der Waals surface area contributed by atoms with E-state index in [1.807, 2.05) is 7.05 Å². The van der Waals surface area contributed by atoms with E-state index >= 15 is 0 Å². The number of amides is 2. The summed E-state index contributed by atoms with van der Waals surface area (Å²) in [5.74, 6) is 1.24. The molecule has 3 N–H and O–H groups in total. The molecular formula is C12H20N4O3S. The Morgan fingerprint density at radius 1 is 1.30 bits per heavy atom. The van der Waals surface area contributed by atoms with Crippen LogP contribution < -0.4 is 16.0 Å². The second kappa shape index (κ2) is 9.38. The third-order valence-electron chi connectivity index (χ3n) is 2.29. The highest BCUT2D eigenvalue weighted by molar-refractivity contribution is 8.00. The number of carbonyl (C=O) groups excluding carboxylic acids is 2. The molecule has 2 amide bonds. The van der Waals surface area contributed by atoms with Crippen LogP contribution in [0.1, 0.15) is 12.2 Å². The van der Waals surface area contributed by atoms with Crippen LogP contribution in [-0.2, 0) is 9.59 Å². The molecule has 0 saturated carbocycles. The smallest absolute Gasteiger partial charge is 0.235 e. The third kappa shape index (κ3) is 7.15. The highest BCUT2D eigenvalue weighted by Gasteiger charge is 2.07. The first-order chi connectivity index (χ1) is 9.61. The zero-order valence-electron chi connectivity index (χ0n) is 11.7. The van der Waals surface area contributed by atoms with Crippen molar-refractivity contribution in [1.29, 1.82) is 0 Å². The van der Waals surface area contributed by atoms with Gasteiger partial charge in [0, 0.05) is 12.6 Å². The van der Waals surface area contributed by atoms with E-state index in [4.69, 9.17) is 4.52 Å². The van der Waals surface area contributed by atoms with Gasteiger partial charge in [0.25, 0.3) is 0 Å². The molecule has 0 spiro atoms. The minimum Gasteiger partial charge on any atom is -0.360 e. The van der Waals surface area contributed by atoms with Crippen molar-refractivity contribution in [3.8, 4) is 0 Å². The Morgan fingerprint density at radius 2 is 2.05 bits per heavy atom. The average Bonchev–Trinajstić information content (AvgIpc) is 2.80. The van der Waals surface area contributed by atoms with Crippen molar-refractivity contribution in [2.75, 3.05) is 37.0 Å². The van der Waals surface area contributed by atoms with Gasteiger partial charge in [-0.05, 0) is 26.9 Å². The summed E-state index contributed by atoms with van der Waals surface area (Å²) in [6, 6.07) is 1.64. The van der Waals surface area contributed by atoms with Crippen LogP contribution in [0.4, 0.5) is 5.82 Å². The minimum atomic E-state index is -0.203. The summed E-state index contributed by atoms with van der Waals surface area (Å²) < 4.78 is 4.83. The van der Waals surface area contributed by atoms with Gasteiger partial charge in [-0.15, -0.1) is 11.8 Å². The van der Waals surface area contributed by atoms with Gasteiger partial charge in [0.15, 0.2) is 5.82 Å². The van der Waals surface area contributed by atoms with Crippen molar-refractivity contribution >= 4 is 29.4 Å². The summed E-state index contributed by atoms with van der Waals surface area (Å²) in [4.78, 5) is 23.0. The van der Waals surface area contributed by atoms with Gasteiger partial charge in [-0.3, -0.25) is 9.59 Å². The first kappa shape index (κ1) is 16.5. The Hall–Kier alpha value is -1.54. The zero-order chi connectivity index (χ0) is 14.8. The van der Waals surface area contributed by atoms with Gasteiger partial charge in [0.2, 0.25) is 11.8 Å². The van der Waals surface area contributed by atoms with Crippen LogP contribution in [0.25, 0.3) is 0 Å². The Labute approximate surface area is 122 Å². The molecule has 20 heavy (non-hydrogen) atoms. The molecule has 0 unspecified atom stereocenters. The quantitative estimate of drug-likeness (QED) is 0.571. The van der Waals surface area contributed by atoms with E-state index in [1.165, 1.54) is 11.8 Å². The maximum absolute atomic E-state index is 11.5. The maximum atomic E-state index is 11.5. The molecule has 0 aliphatic heterocycles. The molecule has 0 aliphatic rings. The van der Waals surface area contributed by atoms with Gasteiger partial charge in [-0.1, -0.05) is 5.16 Å². The van der Waals surface area contributed by atoms with E-state index < -0.39 is 0 Å². The maximum Gasteiger partial charge on any atom is 0.235 e. The normalized spacial score (nSPS) is 10.3. The number of nitrogens with one attached hydrogen (secondary N) is 3. The molecule has 0 bridgehead atoms. The number of hydrogen-bond donors (Lipinski definition) is 3. The minimum absolute atomic E-state index is 0.0591. The fraction of sp³-hybridized carbons (Fsp3) is 0.583. The Balaban J connectivity index is 2.08. The van der Waals surface area contributed by atoms with Crippen LogP contribution >= 0.6 is 11.8 Å². The number of aryl methyl sites for hydroxylation is 1. The fourth-order valence-corrected chi connectivity index (χ4v) is 2.03. The monoisotopic (exact) mass is 300 g/mol. The van der Waals surface area contributed by atoms with Gasteiger partial charge in [-0.25, -0.2) is 0 Å². The van der Waals surface area contributed by atoms with Crippen LogP contribution in [0.2, 0.25) is 0 Å². The molecule has 0 aliphatic carbocycles. The lowest BCUT2D eigenvalue weighted by Crippen LogP contribution is -2.28. The molecule has 112 valence electrons. The molecule has 0 aromatic carbocycles. The van der Waals surface area contributed by atoms with E-state index in [9.17, 15) is 9.59 Å². The zero-order valence-corrected chi connectivity index (χ0v) is 12.5. The van der Waals surface area contributed by atoms with Crippen LogP contribution in [0.15, 0.2) is 10.6 Å². The second-order valence-corrected chi connectivity index (χ2v) is 5.16. The predicted molar refractivity (Wildman–Crippen MR) is 78.7 cm³/mol. The van der Waals surface area contributed by atoms with Crippen molar-refractivity contribution in [1.82, 2.24) is 15.8 Å². The molecule has 1 heterocycles. The lowest BCUT2D eigenvalue weighted by Gasteiger charge is -2.04. The molecule has 7 nitrogen and oxygen atoms in total. The molecule has 8 heteroatoms. The fourth-order valence-electron chi connectivity index (χ4n) is 1.38. The first-order valence-electron chi connectivity index (χ1n) is 6.34. The number of hydrogen-bond acceptors (Lipinski definition) is 6. The average molecular weight is 300 g/mol. The standard InChI is InChI=1S/C12H20N4O3S/c1-9-6-10(16-19-9)15-12(18)8-20-7-11(17)14-5-3-4-13-2/h6,13H,3-5,7-8H2,1-2H3,(H,14,17)(H,15,16,18). The Morgan fingerprint density at radius 3 is 2.70 bits per heavy atom. The van der Waals surface area contributed by atoms with Gasteiger partial charge in [0.1, 0.15) is 5.76 Å². The van der Waals surface area contributed by atoms with E-state index in [2.05, 4.69) is 21.1 Å². The Bertz CT molecular complexity index is 436. The number of nitrogens with zero attached hydrogens (tertiary/aromatic N) is 1. The first-order valence-corrected chi connectivity index (χ1v) is 7.49. The lowest BCUT2D eigenvalue weighted by molar-refractivity contribution is -0.118. The number of carbonyl (C=O) groups is 2. The number of aromatic nitrogens is 1. The Kier molecular flexibility index (Phi) is 7.74. The van der Waals surface area contributed by atoms with E-state index in [0.717, 1.165) is 13.0 Å². The van der Waals surface area contributed by atoms with Gasteiger partial charge in [-0.2, -0.15) is 0 Å². The summed E-state index contributed by atoms with van der Waals surface area (Å²) in [7, 11) is 1.87. The molecule has 0 saturated heterocycles. The predicted octanol–water partition coefficient (Wildman–Crippen LogP) is 0.380. The van der Waals surface area contributed by atoms with Crippen LogP contribution in [-0.4, -0.2) is 48.6 Å². The summed E-state index contributed by atoms with van der Waals surface area (Å²) in [5.41, 5.74) is 0. The SMILES string of the molecule is CNCCCNC(=O)CSCC(=O)Nc1cc(C)on1. The van der Waals surface area contributed by atoms with Crippen molar-refractivity contribution in [2.45, 2.75) is 13.3 Å². The summed E-state index contributed by atoms with van der Waals surface area (Å²) in [5, 5.41) is 12.0. The summed E-state index contributed by atoms with van der Waals surface area (Å²) >= 11 is 1.26. The third-order valence-corrected chi connectivity index (χ3v) is 3.22. The van der Waals surface area contributed by atoms with Crippen LogP contribution in [0, 0.1) is 6.92 Å². The molecule has 0 fully saturated rings. The summed E-state index contributed by atoms with van der Waals surface area (Å²) in [6.45, 7) is 3.26. The topological polar surface area (TPSA) is 96.3 Å². The number of anilines is 1. The van der Waals surface area contributed by atoms with Crippen molar-refractivity contribution < 1.29 is 14.1 Å². The molecule has 0 radical (unpaired) electrons. The summed E-state index contributed by atoms with van der Waals surface area (Å²) in [6.07, 6.45) is 0.888. The second-order valence-electron chi connectivity index (χ2n) is 4.17. The van der Waals surface area contributed by atoms with Gasteiger partial charge < -0.3 is 20.5 Å².